The lowest BCUT2D eigenvalue weighted by molar-refractivity contribution is 0.393. The second kappa shape index (κ2) is 7.46. The molecule has 1 nitrogen and oxygen atoms in total. The van der Waals surface area contributed by atoms with E-state index in [4.69, 9.17) is 5.73 Å². The van der Waals surface area contributed by atoms with E-state index in [0.29, 0.717) is 5.25 Å². The lowest BCUT2D eigenvalue weighted by Gasteiger charge is -2.32. The molecule has 3 heteroatoms. The van der Waals surface area contributed by atoms with E-state index in [2.05, 4.69) is 13.8 Å². The van der Waals surface area contributed by atoms with E-state index in [1.54, 1.807) is 12.1 Å². The van der Waals surface area contributed by atoms with Crippen molar-refractivity contribution in [1.29, 1.82) is 0 Å². The minimum Gasteiger partial charge on any atom is -0.326 e. The Morgan fingerprint density at radius 1 is 1.30 bits per heavy atom. The molecule has 0 aromatic heterocycles. The summed E-state index contributed by atoms with van der Waals surface area (Å²) >= 11 is 2.01. The van der Waals surface area contributed by atoms with E-state index in [-0.39, 0.29) is 17.1 Å². The summed E-state index contributed by atoms with van der Waals surface area (Å²) in [5.74, 6) is 0.654. The summed E-state index contributed by atoms with van der Waals surface area (Å²) in [6.45, 7) is 4.48. The molecule has 0 bridgehead atoms. The van der Waals surface area contributed by atoms with Crippen molar-refractivity contribution >= 4 is 11.8 Å². The van der Waals surface area contributed by atoms with Gasteiger partial charge in [0.2, 0.25) is 0 Å². The van der Waals surface area contributed by atoms with Crippen molar-refractivity contribution in [3.63, 3.8) is 0 Å². The van der Waals surface area contributed by atoms with Gasteiger partial charge in [-0.3, -0.25) is 0 Å². The highest BCUT2D eigenvalue weighted by Crippen LogP contribution is 2.42. The second-order valence-corrected chi connectivity index (χ2v) is 7.52. The first-order valence-corrected chi connectivity index (χ1v) is 8.71. The number of thioether (sulfide) groups is 1. The van der Waals surface area contributed by atoms with Crippen LogP contribution in [0.2, 0.25) is 0 Å². The van der Waals surface area contributed by atoms with Crippen LogP contribution >= 0.6 is 11.8 Å². The van der Waals surface area contributed by atoms with Gasteiger partial charge in [0, 0.05) is 16.5 Å². The van der Waals surface area contributed by atoms with Crippen molar-refractivity contribution < 1.29 is 4.39 Å². The van der Waals surface area contributed by atoms with Crippen LogP contribution in [0.25, 0.3) is 0 Å². The first kappa shape index (κ1) is 15.8. The summed E-state index contributed by atoms with van der Waals surface area (Å²) < 4.78 is 13.1. The fourth-order valence-electron chi connectivity index (χ4n) is 3.00. The summed E-state index contributed by atoms with van der Waals surface area (Å²) in [6.07, 6.45) is 6.23. The second-order valence-electron chi connectivity index (χ2n) is 6.07. The van der Waals surface area contributed by atoms with Crippen molar-refractivity contribution in [2.45, 2.75) is 62.5 Å². The minimum absolute atomic E-state index is 0.141. The Morgan fingerprint density at radius 3 is 2.60 bits per heavy atom. The third kappa shape index (κ3) is 4.23. The van der Waals surface area contributed by atoms with Crippen LogP contribution in [0.5, 0.6) is 0 Å². The van der Waals surface area contributed by atoms with Gasteiger partial charge in [0.15, 0.2) is 0 Å². The van der Waals surface area contributed by atoms with Crippen molar-refractivity contribution in [2.24, 2.45) is 11.7 Å². The van der Waals surface area contributed by atoms with Gasteiger partial charge in [0.1, 0.15) is 5.82 Å². The lowest BCUT2D eigenvalue weighted by atomic mass is 9.90. The van der Waals surface area contributed by atoms with E-state index < -0.39 is 0 Å². The van der Waals surface area contributed by atoms with Gasteiger partial charge in [-0.05, 0) is 42.9 Å². The molecule has 1 aliphatic carbocycles. The Morgan fingerprint density at radius 2 is 2.00 bits per heavy atom. The minimum atomic E-state index is -0.172. The van der Waals surface area contributed by atoms with Gasteiger partial charge >= 0.3 is 0 Å². The maximum Gasteiger partial charge on any atom is 0.123 e. The lowest BCUT2D eigenvalue weighted by Crippen LogP contribution is -2.28. The summed E-state index contributed by atoms with van der Waals surface area (Å²) in [4.78, 5) is 0. The van der Waals surface area contributed by atoms with Gasteiger partial charge in [-0.2, -0.15) is 0 Å². The SMILES string of the molecule is CCC(N)C(SC1CCCC(C)C1)c1ccc(F)cc1. The molecule has 1 aromatic carbocycles. The van der Waals surface area contributed by atoms with Crippen LogP contribution in [0.15, 0.2) is 24.3 Å². The van der Waals surface area contributed by atoms with Gasteiger partial charge in [0.05, 0.1) is 0 Å². The average molecular weight is 295 g/mol. The first-order chi connectivity index (χ1) is 9.60. The van der Waals surface area contributed by atoms with E-state index in [0.717, 1.165) is 12.3 Å². The Hall–Kier alpha value is -0.540. The van der Waals surface area contributed by atoms with Gasteiger partial charge in [0.25, 0.3) is 0 Å². The van der Waals surface area contributed by atoms with Crippen LogP contribution in [0.4, 0.5) is 4.39 Å². The highest BCUT2D eigenvalue weighted by molar-refractivity contribution is 8.00. The Labute approximate surface area is 126 Å². The first-order valence-electron chi connectivity index (χ1n) is 7.76. The number of benzene rings is 1. The Kier molecular flexibility index (Phi) is 5.91. The number of hydrogen-bond donors (Lipinski definition) is 1. The van der Waals surface area contributed by atoms with Crippen LogP contribution in [-0.2, 0) is 0 Å². The van der Waals surface area contributed by atoms with Gasteiger partial charge in [-0.1, -0.05) is 38.8 Å². The molecule has 0 aliphatic heterocycles. The fraction of sp³-hybridized carbons (Fsp3) is 0.647. The van der Waals surface area contributed by atoms with Crippen LogP contribution in [0.3, 0.4) is 0 Å². The monoisotopic (exact) mass is 295 g/mol. The summed E-state index contributed by atoms with van der Waals surface area (Å²) in [5.41, 5.74) is 7.49. The largest absolute Gasteiger partial charge is 0.326 e. The normalized spacial score (nSPS) is 26.2. The molecule has 4 atom stereocenters. The molecule has 2 rings (SSSR count). The highest BCUT2D eigenvalue weighted by Gasteiger charge is 2.26. The smallest absolute Gasteiger partial charge is 0.123 e. The molecule has 4 unspecified atom stereocenters. The number of nitrogens with two attached hydrogens (primary N) is 1. The maximum absolute atomic E-state index is 13.1. The van der Waals surface area contributed by atoms with E-state index in [9.17, 15) is 4.39 Å². The molecular formula is C17H26FNS. The van der Waals surface area contributed by atoms with E-state index >= 15 is 0 Å². The van der Waals surface area contributed by atoms with Crippen molar-refractivity contribution in [3.8, 4) is 0 Å². The predicted molar refractivity (Wildman–Crippen MR) is 86.4 cm³/mol. The van der Waals surface area contributed by atoms with Crippen LogP contribution in [0.1, 0.15) is 56.8 Å². The van der Waals surface area contributed by atoms with Gasteiger partial charge < -0.3 is 5.73 Å². The van der Waals surface area contributed by atoms with Crippen LogP contribution in [-0.4, -0.2) is 11.3 Å². The molecule has 0 radical (unpaired) electrons. The van der Waals surface area contributed by atoms with Crippen molar-refractivity contribution in [3.05, 3.63) is 35.6 Å². The average Bonchev–Trinajstić information content (AvgIpc) is 2.45. The highest BCUT2D eigenvalue weighted by atomic mass is 32.2. The quantitative estimate of drug-likeness (QED) is 0.834. The number of rotatable bonds is 5. The molecule has 112 valence electrons. The third-order valence-corrected chi connectivity index (χ3v) is 6.01. The summed E-state index contributed by atoms with van der Waals surface area (Å²) in [7, 11) is 0. The molecule has 0 amide bonds. The van der Waals surface area contributed by atoms with Crippen LogP contribution in [0, 0.1) is 11.7 Å². The standard InChI is InChI=1S/C17H26FNS/c1-3-16(19)17(13-7-9-14(18)10-8-13)20-15-6-4-5-12(2)11-15/h7-10,12,15-17H,3-6,11,19H2,1-2H3. The molecule has 1 aliphatic rings. The zero-order chi connectivity index (χ0) is 14.5. The molecule has 1 fully saturated rings. The Balaban J connectivity index is 2.09. The van der Waals surface area contributed by atoms with Gasteiger partial charge in [-0.15, -0.1) is 11.8 Å². The zero-order valence-corrected chi connectivity index (χ0v) is 13.3. The maximum atomic E-state index is 13.1. The van der Waals surface area contributed by atoms with Crippen molar-refractivity contribution in [2.75, 3.05) is 0 Å². The summed E-state index contributed by atoms with van der Waals surface area (Å²) in [5, 5.41) is 0.988. The molecule has 20 heavy (non-hydrogen) atoms. The molecule has 0 heterocycles. The summed E-state index contributed by atoms with van der Waals surface area (Å²) in [6, 6.07) is 7.04. The molecule has 2 N–H and O–H groups in total. The van der Waals surface area contributed by atoms with Gasteiger partial charge in [-0.25, -0.2) is 4.39 Å². The molecular weight excluding hydrogens is 269 g/mol. The zero-order valence-electron chi connectivity index (χ0n) is 12.5. The molecule has 1 aromatic rings. The number of halogens is 1. The Bertz CT molecular complexity index is 406. The predicted octanol–water partition coefficient (Wildman–Crippen LogP) is 4.92. The van der Waals surface area contributed by atoms with E-state index in [1.165, 1.54) is 31.2 Å². The van der Waals surface area contributed by atoms with E-state index in [1.807, 2.05) is 23.9 Å². The van der Waals surface area contributed by atoms with Crippen LogP contribution < -0.4 is 5.73 Å². The molecule has 0 saturated heterocycles. The van der Waals surface area contributed by atoms with Crippen molar-refractivity contribution in [1.82, 2.24) is 0 Å². The molecule has 0 spiro atoms. The molecule has 1 saturated carbocycles. The topological polar surface area (TPSA) is 26.0 Å². The fourth-order valence-corrected chi connectivity index (χ4v) is 4.87. The third-order valence-electron chi connectivity index (χ3n) is 4.29. The number of hydrogen-bond acceptors (Lipinski definition) is 2.